The van der Waals surface area contributed by atoms with Gasteiger partial charge in [0.15, 0.2) is 0 Å². The maximum atomic E-state index is 11.0. The molecule has 1 rings (SSSR count). The standard InChI is InChI=1S/C11H16ClN3O/c1-2-15(6-5-13)8-3-4-9(11(14)16)10(12)7-8/h3-4,7H,2,5-6,13H2,1H3,(H2,14,16). The Morgan fingerprint density at radius 1 is 1.50 bits per heavy atom. The summed E-state index contributed by atoms with van der Waals surface area (Å²) in [6.45, 7) is 4.20. The SMILES string of the molecule is CCN(CCN)c1ccc(C(N)=O)c(Cl)c1. The lowest BCUT2D eigenvalue weighted by molar-refractivity contribution is 0.100. The van der Waals surface area contributed by atoms with Gasteiger partial charge >= 0.3 is 0 Å². The Hall–Kier alpha value is -1.26. The molecular weight excluding hydrogens is 226 g/mol. The Balaban J connectivity index is 2.99. The van der Waals surface area contributed by atoms with Crippen molar-refractivity contribution in [2.45, 2.75) is 6.92 Å². The Kier molecular flexibility index (Phi) is 4.58. The van der Waals surface area contributed by atoms with Gasteiger partial charge in [-0.15, -0.1) is 0 Å². The first-order valence-electron chi connectivity index (χ1n) is 5.14. The lowest BCUT2D eigenvalue weighted by atomic mass is 10.2. The number of halogens is 1. The molecule has 5 heteroatoms. The maximum absolute atomic E-state index is 11.0. The number of carbonyl (C=O) groups is 1. The molecule has 16 heavy (non-hydrogen) atoms. The molecule has 0 bridgehead atoms. The topological polar surface area (TPSA) is 72.3 Å². The molecule has 4 nitrogen and oxygen atoms in total. The average Bonchev–Trinajstić information content (AvgIpc) is 2.25. The van der Waals surface area contributed by atoms with Gasteiger partial charge in [-0.25, -0.2) is 0 Å². The minimum absolute atomic E-state index is 0.342. The van der Waals surface area contributed by atoms with E-state index < -0.39 is 5.91 Å². The molecule has 1 aromatic rings. The summed E-state index contributed by atoms with van der Waals surface area (Å²) in [4.78, 5) is 13.1. The lowest BCUT2D eigenvalue weighted by Gasteiger charge is -2.22. The quantitative estimate of drug-likeness (QED) is 0.814. The summed E-state index contributed by atoms with van der Waals surface area (Å²) >= 11 is 5.97. The summed E-state index contributed by atoms with van der Waals surface area (Å²) in [5, 5.41) is 0.375. The molecule has 0 atom stereocenters. The molecule has 4 N–H and O–H groups in total. The van der Waals surface area contributed by atoms with E-state index in [2.05, 4.69) is 4.90 Å². The molecule has 0 fully saturated rings. The van der Waals surface area contributed by atoms with Crippen LogP contribution in [-0.2, 0) is 0 Å². The zero-order valence-corrected chi connectivity index (χ0v) is 10.00. The Bertz CT molecular complexity index is 381. The number of nitrogens with zero attached hydrogens (tertiary/aromatic N) is 1. The van der Waals surface area contributed by atoms with Crippen molar-refractivity contribution in [3.05, 3.63) is 28.8 Å². The predicted octanol–water partition coefficient (Wildman–Crippen LogP) is 1.22. The first-order chi connectivity index (χ1) is 7.60. The number of hydrogen-bond donors (Lipinski definition) is 2. The van der Waals surface area contributed by atoms with E-state index in [4.69, 9.17) is 23.1 Å². The lowest BCUT2D eigenvalue weighted by Crippen LogP contribution is -2.29. The second kappa shape index (κ2) is 5.72. The predicted molar refractivity (Wildman–Crippen MR) is 66.9 cm³/mol. The first-order valence-corrected chi connectivity index (χ1v) is 5.52. The third-order valence-electron chi connectivity index (χ3n) is 2.36. The van der Waals surface area contributed by atoms with Crippen LogP contribution in [0.5, 0.6) is 0 Å². The van der Waals surface area contributed by atoms with Crippen molar-refractivity contribution in [3.63, 3.8) is 0 Å². The molecule has 88 valence electrons. The maximum Gasteiger partial charge on any atom is 0.250 e. The van der Waals surface area contributed by atoms with E-state index in [0.29, 0.717) is 17.1 Å². The van der Waals surface area contributed by atoms with Crippen molar-refractivity contribution in [1.29, 1.82) is 0 Å². The highest BCUT2D eigenvalue weighted by atomic mass is 35.5. The number of anilines is 1. The number of primary amides is 1. The highest BCUT2D eigenvalue weighted by Gasteiger charge is 2.09. The summed E-state index contributed by atoms with van der Waals surface area (Å²) in [5.74, 6) is -0.515. The highest BCUT2D eigenvalue weighted by molar-refractivity contribution is 6.34. The van der Waals surface area contributed by atoms with Crippen LogP contribution in [0.4, 0.5) is 5.69 Å². The number of amides is 1. The largest absolute Gasteiger partial charge is 0.371 e. The Labute approximate surface area is 100 Å². The zero-order valence-electron chi connectivity index (χ0n) is 9.24. The molecule has 0 unspecified atom stereocenters. The summed E-state index contributed by atoms with van der Waals surface area (Å²) in [7, 11) is 0. The molecular formula is C11H16ClN3O. The number of benzene rings is 1. The monoisotopic (exact) mass is 241 g/mol. The van der Waals surface area contributed by atoms with Gasteiger partial charge < -0.3 is 16.4 Å². The second-order valence-corrected chi connectivity index (χ2v) is 3.80. The van der Waals surface area contributed by atoms with Crippen LogP contribution in [0.3, 0.4) is 0 Å². The van der Waals surface area contributed by atoms with Crippen LogP contribution in [0.25, 0.3) is 0 Å². The number of rotatable bonds is 5. The summed E-state index contributed by atoms with van der Waals surface area (Å²) in [5.41, 5.74) is 12.0. The van der Waals surface area contributed by atoms with Crippen LogP contribution in [-0.4, -0.2) is 25.5 Å². The van der Waals surface area contributed by atoms with Crippen LogP contribution < -0.4 is 16.4 Å². The van der Waals surface area contributed by atoms with Crippen LogP contribution >= 0.6 is 11.6 Å². The molecule has 0 aliphatic heterocycles. The van der Waals surface area contributed by atoms with E-state index in [1.807, 2.05) is 13.0 Å². The van der Waals surface area contributed by atoms with E-state index in [0.717, 1.165) is 18.8 Å². The number of carbonyl (C=O) groups excluding carboxylic acids is 1. The number of hydrogen-bond acceptors (Lipinski definition) is 3. The molecule has 1 amide bonds. The van der Waals surface area contributed by atoms with Gasteiger partial charge in [-0.1, -0.05) is 11.6 Å². The van der Waals surface area contributed by atoms with E-state index in [1.54, 1.807) is 12.1 Å². The van der Waals surface area contributed by atoms with E-state index in [1.165, 1.54) is 0 Å². The van der Waals surface area contributed by atoms with Gasteiger partial charge in [0.05, 0.1) is 10.6 Å². The first kappa shape index (κ1) is 12.8. The van der Waals surface area contributed by atoms with Crippen molar-refractivity contribution < 1.29 is 4.79 Å². The van der Waals surface area contributed by atoms with E-state index in [9.17, 15) is 4.79 Å². The molecule has 0 radical (unpaired) electrons. The minimum Gasteiger partial charge on any atom is -0.371 e. The van der Waals surface area contributed by atoms with Crippen molar-refractivity contribution in [1.82, 2.24) is 0 Å². The van der Waals surface area contributed by atoms with Crippen molar-refractivity contribution in [3.8, 4) is 0 Å². The second-order valence-electron chi connectivity index (χ2n) is 3.40. The van der Waals surface area contributed by atoms with Gasteiger partial charge in [-0.3, -0.25) is 4.79 Å². The van der Waals surface area contributed by atoms with Crippen LogP contribution in [0, 0.1) is 0 Å². The van der Waals surface area contributed by atoms with Gasteiger partial charge in [-0.05, 0) is 25.1 Å². The van der Waals surface area contributed by atoms with Gasteiger partial charge in [0, 0.05) is 25.3 Å². The fourth-order valence-electron chi connectivity index (χ4n) is 1.53. The average molecular weight is 242 g/mol. The summed E-state index contributed by atoms with van der Waals surface area (Å²) in [6.07, 6.45) is 0. The van der Waals surface area contributed by atoms with Crippen molar-refractivity contribution >= 4 is 23.2 Å². The fraction of sp³-hybridized carbons (Fsp3) is 0.364. The van der Waals surface area contributed by atoms with Crippen LogP contribution in [0.1, 0.15) is 17.3 Å². The molecule has 0 spiro atoms. The highest BCUT2D eigenvalue weighted by Crippen LogP contribution is 2.23. The van der Waals surface area contributed by atoms with Crippen molar-refractivity contribution in [2.75, 3.05) is 24.5 Å². The molecule has 1 aromatic carbocycles. The Morgan fingerprint density at radius 3 is 2.62 bits per heavy atom. The number of likely N-dealkylation sites (N-methyl/N-ethyl adjacent to an activating group) is 1. The van der Waals surface area contributed by atoms with Gasteiger partial charge in [0.2, 0.25) is 5.91 Å². The summed E-state index contributed by atoms with van der Waals surface area (Å²) in [6, 6.07) is 5.20. The zero-order chi connectivity index (χ0) is 12.1. The Morgan fingerprint density at radius 2 is 2.19 bits per heavy atom. The molecule has 0 saturated heterocycles. The fourth-order valence-corrected chi connectivity index (χ4v) is 1.79. The van der Waals surface area contributed by atoms with Gasteiger partial charge in [0.1, 0.15) is 0 Å². The minimum atomic E-state index is -0.515. The van der Waals surface area contributed by atoms with Gasteiger partial charge in [-0.2, -0.15) is 0 Å². The van der Waals surface area contributed by atoms with Crippen LogP contribution in [0.15, 0.2) is 18.2 Å². The molecule has 0 saturated carbocycles. The van der Waals surface area contributed by atoms with E-state index >= 15 is 0 Å². The van der Waals surface area contributed by atoms with Gasteiger partial charge in [0.25, 0.3) is 0 Å². The molecule has 0 heterocycles. The molecule has 0 aliphatic rings. The van der Waals surface area contributed by atoms with Crippen LogP contribution in [0.2, 0.25) is 5.02 Å². The smallest absolute Gasteiger partial charge is 0.250 e. The molecule has 0 aliphatic carbocycles. The third-order valence-corrected chi connectivity index (χ3v) is 2.68. The molecule has 0 aromatic heterocycles. The third kappa shape index (κ3) is 2.87. The van der Waals surface area contributed by atoms with E-state index in [-0.39, 0.29) is 0 Å². The number of nitrogens with two attached hydrogens (primary N) is 2. The van der Waals surface area contributed by atoms with Crippen molar-refractivity contribution in [2.24, 2.45) is 11.5 Å². The summed E-state index contributed by atoms with van der Waals surface area (Å²) < 4.78 is 0. The normalized spacial score (nSPS) is 10.2.